The summed E-state index contributed by atoms with van der Waals surface area (Å²) in [5, 5.41) is 5.40. The molecule has 2 N–H and O–H groups in total. The summed E-state index contributed by atoms with van der Waals surface area (Å²) < 4.78 is 10.3. The van der Waals surface area contributed by atoms with Gasteiger partial charge in [0.15, 0.2) is 6.10 Å². The summed E-state index contributed by atoms with van der Waals surface area (Å²) in [6.45, 7) is 2.90. The Balaban J connectivity index is 1.92. The van der Waals surface area contributed by atoms with Crippen molar-refractivity contribution in [1.29, 1.82) is 0 Å². The average molecular weight is 405 g/mol. The molecule has 0 unspecified atom stereocenters. The Morgan fingerprint density at radius 3 is 2.32 bits per heavy atom. The van der Waals surface area contributed by atoms with Gasteiger partial charge in [-0.1, -0.05) is 35.9 Å². The first kappa shape index (κ1) is 21.2. The molecular weight excluding hydrogens is 384 g/mol. The fourth-order valence-corrected chi connectivity index (χ4v) is 2.51. The number of nitrogens with one attached hydrogen (secondary N) is 2. The molecule has 0 radical (unpaired) electrons. The van der Waals surface area contributed by atoms with Gasteiger partial charge in [-0.2, -0.15) is 0 Å². The first-order chi connectivity index (χ1) is 13.3. The molecule has 0 bridgehead atoms. The molecule has 0 aliphatic carbocycles. The molecule has 28 heavy (non-hydrogen) atoms. The van der Waals surface area contributed by atoms with Gasteiger partial charge in [-0.25, -0.2) is 4.79 Å². The van der Waals surface area contributed by atoms with E-state index in [-0.39, 0.29) is 10.6 Å². The van der Waals surface area contributed by atoms with Crippen LogP contribution < -0.4 is 15.4 Å². The Labute approximate surface area is 168 Å². The predicted molar refractivity (Wildman–Crippen MR) is 106 cm³/mol. The van der Waals surface area contributed by atoms with Gasteiger partial charge in [0.25, 0.3) is 11.8 Å². The highest BCUT2D eigenvalue weighted by Crippen LogP contribution is 2.23. The van der Waals surface area contributed by atoms with Gasteiger partial charge < -0.3 is 20.1 Å². The lowest BCUT2D eigenvalue weighted by molar-refractivity contribution is -0.154. The largest absolute Gasteiger partial charge is 0.495 e. The summed E-state index contributed by atoms with van der Waals surface area (Å²) in [5.74, 6) is -1.30. The highest BCUT2D eigenvalue weighted by atomic mass is 35.5. The average Bonchev–Trinajstić information content (AvgIpc) is 2.68. The molecule has 0 spiro atoms. The molecule has 2 aromatic rings. The van der Waals surface area contributed by atoms with Gasteiger partial charge in [-0.15, -0.1) is 0 Å². The minimum Gasteiger partial charge on any atom is -0.495 e. The first-order valence-electron chi connectivity index (χ1n) is 8.53. The molecule has 0 saturated heterocycles. The maximum Gasteiger partial charge on any atom is 0.329 e. The lowest BCUT2D eigenvalue weighted by atomic mass is 10.2. The number of carbonyl (C=O) groups excluding carboxylic acids is 3. The SMILES string of the molecule is COc1ccccc1NC(=O)[C@H](C)OC(=O)[C@H](C)NC(=O)c1ccccc1Cl. The Morgan fingerprint density at radius 1 is 1.00 bits per heavy atom. The Kier molecular flexibility index (Phi) is 7.40. The van der Waals surface area contributed by atoms with Crippen LogP contribution in [0.2, 0.25) is 5.02 Å². The quantitative estimate of drug-likeness (QED) is 0.692. The van der Waals surface area contributed by atoms with Crippen LogP contribution in [0.1, 0.15) is 24.2 Å². The van der Waals surface area contributed by atoms with Gasteiger partial charge in [-0.3, -0.25) is 9.59 Å². The van der Waals surface area contributed by atoms with Crippen LogP contribution >= 0.6 is 11.6 Å². The van der Waals surface area contributed by atoms with E-state index < -0.39 is 29.9 Å². The van der Waals surface area contributed by atoms with Gasteiger partial charge in [0.05, 0.1) is 23.4 Å². The van der Waals surface area contributed by atoms with Crippen LogP contribution in [0.25, 0.3) is 0 Å². The van der Waals surface area contributed by atoms with E-state index in [0.717, 1.165) is 0 Å². The summed E-state index contributed by atoms with van der Waals surface area (Å²) in [7, 11) is 1.48. The zero-order chi connectivity index (χ0) is 20.7. The fraction of sp³-hybridized carbons (Fsp3) is 0.250. The number of rotatable bonds is 7. The predicted octanol–water partition coefficient (Wildman–Crippen LogP) is 3.04. The van der Waals surface area contributed by atoms with E-state index >= 15 is 0 Å². The topological polar surface area (TPSA) is 93.7 Å². The highest BCUT2D eigenvalue weighted by molar-refractivity contribution is 6.33. The van der Waals surface area contributed by atoms with Crippen molar-refractivity contribution in [3.63, 3.8) is 0 Å². The van der Waals surface area contributed by atoms with E-state index in [1.165, 1.54) is 21.0 Å². The monoisotopic (exact) mass is 404 g/mol. The third-order valence-corrected chi connectivity index (χ3v) is 4.18. The Bertz CT molecular complexity index is 871. The summed E-state index contributed by atoms with van der Waals surface area (Å²) in [4.78, 5) is 36.7. The smallest absolute Gasteiger partial charge is 0.329 e. The van der Waals surface area contributed by atoms with E-state index in [4.69, 9.17) is 21.1 Å². The van der Waals surface area contributed by atoms with Crippen molar-refractivity contribution in [2.24, 2.45) is 0 Å². The van der Waals surface area contributed by atoms with Crippen LogP contribution in [0.15, 0.2) is 48.5 Å². The summed E-state index contributed by atoms with van der Waals surface area (Å²) in [6, 6.07) is 12.4. The van der Waals surface area contributed by atoms with Gasteiger partial charge in [0.2, 0.25) is 0 Å². The van der Waals surface area contributed by atoms with Crippen molar-refractivity contribution in [3.8, 4) is 5.75 Å². The molecule has 0 heterocycles. The van der Waals surface area contributed by atoms with E-state index in [0.29, 0.717) is 11.4 Å². The van der Waals surface area contributed by atoms with Crippen molar-refractivity contribution >= 4 is 35.1 Å². The molecule has 8 heteroatoms. The number of halogens is 1. The second-order valence-corrected chi connectivity index (χ2v) is 6.35. The highest BCUT2D eigenvalue weighted by Gasteiger charge is 2.24. The van der Waals surface area contributed by atoms with Crippen molar-refractivity contribution < 1.29 is 23.9 Å². The van der Waals surface area contributed by atoms with Crippen LogP contribution in [0.5, 0.6) is 5.75 Å². The Morgan fingerprint density at radius 2 is 1.64 bits per heavy atom. The summed E-state index contributed by atoms with van der Waals surface area (Å²) in [6.07, 6.45) is -1.07. The van der Waals surface area contributed by atoms with E-state index in [9.17, 15) is 14.4 Å². The molecule has 0 saturated carbocycles. The number of benzene rings is 2. The van der Waals surface area contributed by atoms with Gasteiger partial charge in [0, 0.05) is 0 Å². The molecule has 2 amide bonds. The molecule has 2 aromatic carbocycles. The maximum atomic E-state index is 12.3. The molecule has 0 aliphatic heterocycles. The summed E-state index contributed by atoms with van der Waals surface area (Å²) in [5.41, 5.74) is 0.698. The minimum atomic E-state index is -1.07. The second-order valence-electron chi connectivity index (χ2n) is 5.94. The Hall–Kier alpha value is -3.06. The number of methoxy groups -OCH3 is 1. The zero-order valence-corrected chi connectivity index (χ0v) is 16.4. The lowest BCUT2D eigenvalue weighted by Crippen LogP contribution is -2.42. The normalized spacial score (nSPS) is 12.4. The molecule has 2 rings (SSSR count). The first-order valence-corrected chi connectivity index (χ1v) is 8.91. The molecule has 0 aliphatic rings. The van der Waals surface area contributed by atoms with Crippen LogP contribution in [-0.4, -0.2) is 37.0 Å². The minimum absolute atomic E-state index is 0.241. The molecule has 148 valence electrons. The van der Waals surface area contributed by atoms with Crippen molar-refractivity contribution in [1.82, 2.24) is 5.32 Å². The molecule has 0 aromatic heterocycles. The number of anilines is 1. The lowest BCUT2D eigenvalue weighted by Gasteiger charge is -2.18. The van der Waals surface area contributed by atoms with Gasteiger partial charge in [0.1, 0.15) is 11.8 Å². The van der Waals surface area contributed by atoms with Gasteiger partial charge >= 0.3 is 5.97 Å². The number of esters is 1. The zero-order valence-electron chi connectivity index (χ0n) is 15.7. The van der Waals surface area contributed by atoms with Crippen LogP contribution in [0.4, 0.5) is 5.69 Å². The number of para-hydroxylation sites is 2. The third kappa shape index (κ3) is 5.47. The fourth-order valence-electron chi connectivity index (χ4n) is 2.29. The van der Waals surface area contributed by atoms with E-state index in [1.807, 2.05) is 0 Å². The van der Waals surface area contributed by atoms with Crippen LogP contribution in [0.3, 0.4) is 0 Å². The molecule has 7 nitrogen and oxygen atoms in total. The maximum absolute atomic E-state index is 12.3. The number of amides is 2. The number of carbonyl (C=O) groups is 3. The standard InChI is InChI=1S/C20H21ClN2O5/c1-12(22-19(25)14-8-4-5-9-15(14)21)20(26)28-13(2)18(24)23-16-10-6-7-11-17(16)27-3/h4-13H,1-3H3,(H,22,25)(H,23,24)/t12-,13-/m0/s1. The molecular formula is C20H21ClN2O5. The van der Waals surface area contributed by atoms with Gasteiger partial charge in [-0.05, 0) is 38.1 Å². The van der Waals surface area contributed by atoms with Crippen LogP contribution in [-0.2, 0) is 14.3 Å². The van der Waals surface area contributed by atoms with Crippen molar-refractivity contribution in [2.45, 2.75) is 26.0 Å². The molecule has 2 atom stereocenters. The van der Waals surface area contributed by atoms with Crippen LogP contribution in [0, 0.1) is 0 Å². The van der Waals surface area contributed by atoms with Crippen molar-refractivity contribution in [3.05, 3.63) is 59.1 Å². The van der Waals surface area contributed by atoms with Crippen molar-refractivity contribution in [2.75, 3.05) is 12.4 Å². The number of hydrogen-bond donors (Lipinski definition) is 2. The van der Waals surface area contributed by atoms with E-state index in [1.54, 1.807) is 48.5 Å². The molecule has 0 fully saturated rings. The third-order valence-electron chi connectivity index (χ3n) is 3.85. The second kappa shape index (κ2) is 9.75. The van der Waals surface area contributed by atoms with E-state index in [2.05, 4.69) is 10.6 Å². The number of hydrogen-bond acceptors (Lipinski definition) is 5. The summed E-state index contributed by atoms with van der Waals surface area (Å²) >= 11 is 5.97. The number of ether oxygens (including phenoxy) is 2.